The maximum Gasteiger partial charge on any atom is 0.406 e. The lowest BCUT2D eigenvalue weighted by atomic mass is 10.1. The number of nitrogens with two attached hydrogens (primary N) is 1. The number of hydrogen-bond acceptors (Lipinski definition) is 10. The second-order valence-corrected chi connectivity index (χ2v) is 14.1. The van der Waals surface area contributed by atoms with E-state index in [2.05, 4.69) is 40.0 Å². The maximum atomic E-state index is 15.6. The third-order valence-electron chi connectivity index (χ3n) is 9.81. The fourth-order valence-electron chi connectivity index (χ4n) is 7.03. The van der Waals surface area contributed by atoms with E-state index < -0.39 is 24.1 Å². The molecule has 54 heavy (non-hydrogen) atoms. The third kappa shape index (κ3) is 8.34. The summed E-state index contributed by atoms with van der Waals surface area (Å²) < 4.78 is 25.3. The number of methoxy groups -OCH3 is 1. The summed E-state index contributed by atoms with van der Waals surface area (Å²) in [6, 6.07) is 4.12. The van der Waals surface area contributed by atoms with Crippen molar-refractivity contribution in [3.8, 4) is 33.9 Å². The van der Waals surface area contributed by atoms with Gasteiger partial charge in [-0.15, -0.1) is 0 Å². The highest BCUT2D eigenvalue weighted by Gasteiger charge is 2.38. The van der Waals surface area contributed by atoms with Gasteiger partial charge in [-0.05, 0) is 49.7 Å². The molecular weight excluding hydrogens is 699 g/mol. The molecular formula is C37H45FN10O6. The Morgan fingerprint density at radius 2 is 1.54 bits per heavy atom. The molecule has 6 rings (SSSR count). The Balaban J connectivity index is 1.10. The van der Waals surface area contributed by atoms with Gasteiger partial charge in [-0.2, -0.15) is 0 Å². The van der Waals surface area contributed by atoms with Crippen LogP contribution in [0.1, 0.15) is 76.6 Å². The molecule has 0 radical (unpaired) electrons. The lowest BCUT2D eigenvalue weighted by Crippen LogP contribution is -2.44. The topological polar surface area (TPSA) is 214 Å². The first-order chi connectivity index (χ1) is 25.9. The largest absolute Gasteiger partial charge is 0.453 e. The number of carbonyl (C=O) groups excluding carboxylic acids is 4. The number of carbonyl (C=O) groups is 4. The van der Waals surface area contributed by atoms with Crippen molar-refractivity contribution in [2.24, 2.45) is 17.6 Å². The normalized spacial score (nSPS) is 18.1. The second-order valence-electron chi connectivity index (χ2n) is 14.1. The van der Waals surface area contributed by atoms with Gasteiger partial charge in [0.15, 0.2) is 11.9 Å². The minimum absolute atomic E-state index is 0.00508. The van der Waals surface area contributed by atoms with E-state index in [1.54, 1.807) is 49.5 Å². The Hall–Kier alpha value is -5.87. The SMILES string of the molecule is COC(=O)NCC(C)CC(=O)N1CCCC1c1ncc(-c2cnc(-c3ccc(-c4cnc([C@@H]5CCCN5C(=O)[C@@H](OC(N)=O)C(C)C)[nH]4)c(F)c3)nc2)[nH]1. The number of nitrogens with one attached hydrogen (secondary N) is 3. The predicted molar refractivity (Wildman–Crippen MR) is 193 cm³/mol. The number of hydrogen-bond donors (Lipinski definition) is 4. The molecule has 3 aromatic heterocycles. The molecule has 5 N–H and O–H groups in total. The molecule has 2 fully saturated rings. The van der Waals surface area contributed by atoms with Crippen molar-refractivity contribution in [3.05, 3.63) is 60.5 Å². The van der Waals surface area contributed by atoms with Crippen LogP contribution in [-0.4, -0.2) is 96.6 Å². The van der Waals surface area contributed by atoms with Crippen LogP contribution in [0.2, 0.25) is 0 Å². The Kier molecular flexibility index (Phi) is 11.5. The number of halogens is 1. The lowest BCUT2D eigenvalue weighted by molar-refractivity contribution is -0.143. The van der Waals surface area contributed by atoms with Crippen LogP contribution >= 0.6 is 0 Å². The number of ether oxygens (including phenoxy) is 2. The van der Waals surface area contributed by atoms with Gasteiger partial charge in [0.2, 0.25) is 5.91 Å². The first kappa shape index (κ1) is 37.9. The maximum absolute atomic E-state index is 15.6. The van der Waals surface area contributed by atoms with Crippen molar-refractivity contribution in [2.75, 3.05) is 26.7 Å². The number of imidazole rings is 2. The fourth-order valence-corrected chi connectivity index (χ4v) is 7.03. The molecule has 2 saturated heterocycles. The summed E-state index contributed by atoms with van der Waals surface area (Å²) in [5.74, 6) is 0.309. The summed E-state index contributed by atoms with van der Waals surface area (Å²) in [4.78, 5) is 77.3. The van der Waals surface area contributed by atoms with Crippen LogP contribution in [0.15, 0.2) is 43.0 Å². The Labute approximate surface area is 311 Å². The number of likely N-dealkylation sites (tertiary alicyclic amines) is 2. The number of H-pyrrole nitrogens is 2. The number of benzene rings is 1. The molecule has 286 valence electrons. The Morgan fingerprint density at radius 1 is 0.907 bits per heavy atom. The van der Waals surface area contributed by atoms with Gasteiger partial charge >= 0.3 is 12.2 Å². The average molecular weight is 745 g/mol. The summed E-state index contributed by atoms with van der Waals surface area (Å²) in [5, 5.41) is 2.63. The van der Waals surface area contributed by atoms with Crippen molar-refractivity contribution in [2.45, 2.75) is 71.1 Å². The molecule has 4 aromatic rings. The van der Waals surface area contributed by atoms with Gasteiger partial charge in [0.05, 0.1) is 43.0 Å². The molecule has 16 nitrogen and oxygen atoms in total. The van der Waals surface area contributed by atoms with Crippen LogP contribution in [0.4, 0.5) is 14.0 Å². The molecule has 2 aliphatic rings. The quantitative estimate of drug-likeness (QED) is 0.154. The highest BCUT2D eigenvalue weighted by Crippen LogP contribution is 2.35. The van der Waals surface area contributed by atoms with E-state index in [-0.39, 0.29) is 42.2 Å². The number of primary amides is 1. The van der Waals surface area contributed by atoms with Crippen LogP contribution in [-0.2, 0) is 19.1 Å². The molecule has 5 heterocycles. The monoisotopic (exact) mass is 744 g/mol. The van der Waals surface area contributed by atoms with Crippen LogP contribution in [0.3, 0.4) is 0 Å². The smallest absolute Gasteiger partial charge is 0.406 e. The standard InChI is InChI=1S/C37H45FN10O6/c1-20(2)31(54-36(39)51)35(50)48-12-6-8-29(48)34-43-19-27(46-34)24-10-9-22(14-25(24)38)32-40-16-23(17-41-32)26-18-42-33(45-26)28-7-5-11-47(28)30(49)13-21(3)15-44-37(52)53-4/h9-10,14,16-21,28-29,31H,5-8,11-13,15H2,1-4H3,(H2,39,51)(H,42,45)(H,43,46)(H,44,52)/t21?,28?,29-,31-/m0/s1. The van der Waals surface area contributed by atoms with Crippen molar-refractivity contribution < 1.29 is 33.0 Å². The second kappa shape index (κ2) is 16.4. The molecule has 2 aliphatic heterocycles. The number of alkyl carbamates (subject to hydrolysis) is 1. The first-order valence-electron chi connectivity index (χ1n) is 18.0. The number of rotatable bonds is 12. The minimum atomic E-state index is -1.01. The highest BCUT2D eigenvalue weighted by atomic mass is 19.1. The van der Waals surface area contributed by atoms with E-state index in [0.29, 0.717) is 71.6 Å². The van der Waals surface area contributed by atoms with E-state index in [0.717, 1.165) is 19.3 Å². The van der Waals surface area contributed by atoms with E-state index in [9.17, 15) is 19.2 Å². The van der Waals surface area contributed by atoms with Crippen molar-refractivity contribution in [1.82, 2.24) is 45.0 Å². The number of aromatic nitrogens is 6. The molecule has 1 aromatic carbocycles. The molecule has 0 saturated carbocycles. The van der Waals surface area contributed by atoms with Crippen LogP contribution in [0.5, 0.6) is 0 Å². The summed E-state index contributed by atoms with van der Waals surface area (Å²) in [6.45, 7) is 6.88. The molecule has 0 spiro atoms. The fraction of sp³-hybridized carbons (Fsp3) is 0.459. The van der Waals surface area contributed by atoms with Crippen LogP contribution < -0.4 is 11.1 Å². The Morgan fingerprint density at radius 3 is 2.17 bits per heavy atom. The molecule has 4 atom stereocenters. The summed E-state index contributed by atoms with van der Waals surface area (Å²) in [7, 11) is 1.30. The van der Waals surface area contributed by atoms with Gasteiger partial charge in [-0.3, -0.25) is 9.59 Å². The van der Waals surface area contributed by atoms with Gasteiger partial charge in [0, 0.05) is 55.1 Å². The van der Waals surface area contributed by atoms with Gasteiger partial charge < -0.3 is 40.3 Å². The van der Waals surface area contributed by atoms with E-state index in [4.69, 9.17) is 10.5 Å². The number of aromatic amines is 2. The zero-order valence-corrected chi connectivity index (χ0v) is 30.7. The van der Waals surface area contributed by atoms with Gasteiger partial charge in [-0.25, -0.2) is 33.9 Å². The zero-order valence-electron chi connectivity index (χ0n) is 30.7. The van der Waals surface area contributed by atoms with E-state index in [1.807, 2.05) is 11.8 Å². The molecule has 4 amide bonds. The number of nitrogens with zero attached hydrogens (tertiary/aromatic N) is 6. The van der Waals surface area contributed by atoms with Crippen molar-refractivity contribution in [1.29, 1.82) is 0 Å². The van der Waals surface area contributed by atoms with Crippen LogP contribution in [0.25, 0.3) is 33.9 Å². The average Bonchev–Trinajstić information content (AvgIpc) is 3.99. The highest BCUT2D eigenvalue weighted by molar-refractivity contribution is 5.84. The Bertz CT molecular complexity index is 1980. The third-order valence-corrected chi connectivity index (χ3v) is 9.81. The van der Waals surface area contributed by atoms with Crippen molar-refractivity contribution >= 4 is 24.0 Å². The molecule has 0 bridgehead atoms. The predicted octanol–water partition coefficient (Wildman–Crippen LogP) is 4.89. The molecule has 2 unspecified atom stereocenters. The number of amides is 4. The van der Waals surface area contributed by atoms with E-state index in [1.165, 1.54) is 19.4 Å². The summed E-state index contributed by atoms with van der Waals surface area (Å²) >= 11 is 0. The summed E-state index contributed by atoms with van der Waals surface area (Å²) in [6.07, 6.45) is 7.21. The van der Waals surface area contributed by atoms with E-state index >= 15 is 4.39 Å². The lowest BCUT2D eigenvalue weighted by Gasteiger charge is -2.29. The minimum Gasteiger partial charge on any atom is -0.453 e. The van der Waals surface area contributed by atoms with Gasteiger partial charge in [0.1, 0.15) is 17.5 Å². The van der Waals surface area contributed by atoms with Gasteiger partial charge in [-0.1, -0.05) is 26.8 Å². The van der Waals surface area contributed by atoms with Gasteiger partial charge in [0.25, 0.3) is 5.91 Å². The zero-order chi connectivity index (χ0) is 38.5. The van der Waals surface area contributed by atoms with Crippen LogP contribution in [0, 0.1) is 17.7 Å². The first-order valence-corrected chi connectivity index (χ1v) is 18.0. The summed E-state index contributed by atoms with van der Waals surface area (Å²) in [5.41, 5.74) is 7.79. The van der Waals surface area contributed by atoms with Crippen molar-refractivity contribution in [3.63, 3.8) is 0 Å². The molecule has 0 aliphatic carbocycles. The molecule has 17 heteroatoms.